The van der Waals surface area contributed by atoms with Crippen molar-refractivity contribution in [1.82, 2.24) is 10.2 Å². The van der Waals surface area contributed by atoms with Gasteiger partial charge in [0.2, 0.25) is 5.91 Å². The van der Waals surface area contributed by atoms with Crippen LogP contribution in [0.15, 0.2) is 0 Å². The average Bonchev–Trinajstić information content (AvgIpc) is 2.40. The number of amides is 1. The van der Waals surface area contributed by atoms with Crippen molar-refractivity contribution in [3.8, 4) is 0 Å². The van der Waals surface area contributed by atoms with Gasteiger partial charge in [0, 0.05) is 18.5 Å². The first-order valence-electron chi connectivity index (χ1n) is 5.72. The molecule has 0 spiro atoms. The van der Waals surface area contributed by atoms with Crippen LogP contribution < -0.4 is 5.32 Å². The molecule has 4 nitrogen and oxygen atoms in total. The first kappa shape index (κ1) is 12.5. The van der Waals surface area contributed by atoms with E-state index in [9.17, 15) is 9.90 Å². The second-order valence-electron chi connectivity index (χ2n) is 4.60. The quantitative estimate of drug-likeness (QED) is 0.724. The highest BCUT2D eigenvalue weighted by Gasteiger charge is 2.40. The molecule has 0 aromatic carbocycles. The predicted octanol–water partition coefficient (Wildman–Crippen LogP) is 0.702. The normalized spacial score (nSPS) is 28.9. The Labute approximate surface area is 91.6 Å². The third-order valence-electron chi connectivity index (χ3n) is 2.94. The fourth-order valence-electron chi connectivity index (χ4n) is 2.02. The maximum Gasteiger partial charge on any atom is 0.226 e. The van der Waals surface area contributed by atoms with Gasteiger partial charge in [0.1, 0.15) is 6.23 Å². The predicted molar refractivity (Wildman–Crippen MR) is 59.3 cm³/mol. The van der Waals surface area contributed by atoms with E-state index in [0.29, 0.717) is 6.42 Å². The Morgan fingerprint density at radius 2 is 2.13 bits per heavy atom. The molecule has 1 aliphatic heterocycles. The minimum absolute atomic E-state index is 0.0509. The van der Waals surface area contributed by atoms with Crippen molar-refractivity contribution >= 4 is 5.91 Å². The topological polar surface area (TPSA) is 52.6 Å². The third-order valence-corrected chi connectivity index (χ3v) is 2.94. The van der Waals surface area contributed by atoms with Crippen LogP contribution >= 0.6 is 0 Å². The number of likely N-dealkylation sites (tertiary alicyclic amines) is 1. The molecule has 3 unspecified atom stereocenters. The number of hydrogen-bond donors (Lipinski definition) is 2. The SMILES string of the molecule is CCC(C)N1C(=O)CC(NC(C)C)C1O. The molecule has 88 valence electrons. The monoisotopic (exact) mass is 214 g/mol. The number of aliphatic hydroxyl groups is 1. The lowest BCUT2D eigenvalue weighted by Crippen LogP contribution is -2.47. The van der Waals surface area contributed by atoms with Gasteiger partial charge >= 0.3 is 0 Å². The number of nitrogens with one attached hydrogen (secondary N) is 1. The summed E-state index contributed by atoms with van der Waals surface area (Å²) in [6.45, 7) is 8.03. The molecule has 1 rings (SSSR count). The van der Waals surface area contributed by atoms with Gasteiger partial charge in [-0.05, 0) is 13.3 Å². The van der Waals surface area contributed by atoms with Crippen LogP contribution in [0.3, 0.4) is 0 Å². The molecule has 1 saturated heterocycles. The van der Waals surface area contributed by atoms with E-state index in [1.54, 1.807) is 4.90 Å². The van der Waals surface area contributed by atoms with E-state index in [2.05, 4.69) is 5.32 Å². The fourth-order valence-corrected chi connectivity index (χ4v) is 2.02. The standard InChI is InChI=1S/C11H22N2O2/c1-5-8(4)13-10(14)6-9(11(13)15)12-7(2)3/h7-9,11-12,15H,5-6H2,1-4H3. The van der Waals surface area contributed by atoms with Crippen molar-refractivity contribution in [2.75, 3.05) is 0 Å². The first-order valence-corrected chi connectivity index (χ1v) is 5.72. The number of carbonyl (C=O) groups is 1. The smallest absolute Gasteiger partial charge is 0.226 e. The molecule has 3 atom stereocenters. The summed E-state index contributed by atoms with van der Waals surface area (Å²) in [6, 6.07) is 0.285. The molecule has 1 amide bonds. The van der Waals surface area contributed by atoms with Crippen LogP contribution in [0, 0.1) is 0 Å². The summed E-state index contributed by atoms with van der Waals surface area (Å²) in [5, 5.41) is 13.2. The van der Waals surface area contributed by atoms with Crippen LogP contribution in [-0.2, 0) is 4.79 Å². The van der Waals surface area contributed by atoms with E-state index in [-0.39, 0.29) is 24.0 Å². The van der Waals surface area contributed by atoms with Gasteiger partial charge in [0.05, 0.1) is 6.04 Å². The minimum Gasteiger partial charge on any atom is -0.372 e. The largest absolute Gasteiger partial charge is 0.372 e. The van der Waals surface area contributed by atoms with Crippen LogP contribution in [0.2, 0.25) is 0 Å². The Morgan fingerprint density at radius 1 is 1.53 bits per heavy atom. The highest BCUT2D eigenvalue weighted by molar-refractivity contribution is 5.80. The maximum atomic E-state index is 11.7. The van der Waals surface area contributed by atoms with Crippen molar-refractivity contribution in [3.05, 3.63) is 0 Å². The van der Waals surface area contributed by atoms with E-state index >= 15 is 0 Å². The van der Waals surface area contributed by atoms with Crippen molar-refractivity contribution in [3.63, 3.8) is 0 Å². The first-order chi connectivity index (χ1) is 6.97. The summed E-state index contributed by atoms with van der Waals surface area (Å²) in [7, 11) is 0. The lowest BCUT2D eigenvalue weighted by atomic mass is 10.2. The van der Waals surface area contributed by atoms with Gasteiger partial charge in [-0.15, -0.1) is 0 Å². The Kier molecular flexibility index (Phi) is 4.11. The van der Waals surface area contributed by atoms with Crippen molar-refractivity contribution < 1.29 is 9.90 Å². The van der Waals surface area contributed by atoms with Gasteiger partial charge in [-0.3, -0.25) is 4.79 Å². The fraction of sp³-hybridized carbons (Fsp3) is 0.909. The molecule has 0 aliphatic carbocycles. The minimum atomic E-state index is -0.671. The molecule has 4 heteroatoms. The summed E-state index contributed by atoms with van der Waals surface area (Å²) in [6.07, 6.45) is 0.607. The molecule has 0 saturated carbocycles. The zero-order valence-corrected chi connectivity index (χ0v) is 10.0. The number of carbonyl (C=O) groups excluding carboxylic acids is 1. The highest BCUT2D eigenvalue weighted by Crippen LogP contribution is 2.21. The molecule has 0 aromatic heterocycles. The molecule has 0 aromatic rings. The van der Waals surface area contributed by atoms with Crippen LogP contribution in [0.4, 0.5) is 0 Å². The molecule has 1 heterocycles. The highest BCUT2D eigenvalue weighted by atomic mass is 16.3. The number of aliphatic hydroxyl groups excluding tert-OH is 1. The van der Waals surface area contributed by atoms with Crippen LogP contribution in [-0.4, -0.2) is 40.3 Å². The van der Waals surface area contributed by atoms with E-state index in [4.69, 9.17) is 0 Å². The summed E-state index contributed by atoms with van der Waals surface area (Å²) in [5.74, 6) is 0.0509. The average molecular weight is 214 g/mol. The second-order valence-corrected chi connectivity index (χ2v) is 4.60. The summed E-state index contributed by atoms with van der Waals surface area (Å²) < 4.78 is 0. The molecule has 0 bridgehead atoms. The van der Waals surface area contributed by atoms with E-state index < -0.39 is 6.23 Å². The van der Waals surface area contributed by atoms with Crippen LogP contribution in [0.5, 0.6) is 0 Å². The van der Waals surface area contributed by atoms with E-state index in [0.717, 1.165) is 6.42 Å². The molecule has 15 heavy (non-hydrogen) atoms. The van der Waals surface area contributed by atoms with Crippen LogP contribution in [0.25, 0.3) is 0 Å². The summed E-state index contributed by atoms with van der Waals surface area (Å²) in [5.41, 5.74) is 0. The van der Waals surface area contributed by atoms with E-state index in [1.807, 2.05) is 27.7 Å². The molecule has 2 N–H and O–H groups in total. The number of hydrogen-bond acceptors (Lipinski definition) is 3. The molecule has 1 fully saturated rings. The Balaban J connectivity index is 2.65. The molecule has 1 aliphatic rings. The third kappa shape index (κ3) is 2.69. The van der Waals surface area contributed by atoms with Gasteiger partial charge in [-0.25, -0.2) is 0 Å². The molecular weight excluding hydrogens is 192 g/mol. The zero-order chi connectivity index (χ0) is 11.6. The molecular formula is C11H22N2O2. The lowest BCUT2D eigenvalue weighted by Gasteiger charge is -2.29. The Morgan fingerprint density at radius 3 is 2.60 bits per heavy atom. The molecule has 0 radical (unpaired) electrons. The van der Waals surface area contributed by atoms with Gasteiger partial charge in [0.15, 0.2) is 0 Å². The van der Waals surface area contributed by atoms with Gasteiger partial charge in [0.25, 0.3) is 0 Å². The van der Waals surface area contributed by atoms with Gasteiger partial charge in [-0.2, -0.15) is 0 Å². The van der Waals surface area contributed by atoms with Gasteiger partial charge in [-0.1, -0.05) is 20.8 Å². The summed E-state index contributed by atoms with van der Waals surface area (Å²) in [4.78, 5) is 13.3. The number of nitrogens with zero attached hydrogens (tertiary/aromatic N) is 1. The van der Waals surface area contributed by atoms with Gasteiger partial charge < -0.3 is 15.3 Å². The zero-order valence-electron chi connectivity index (χ0n) is 10.0. The lowest BCUT2D eigenvalue weighted by molar-refractivity contribution is -0.136. The van der Waals surface area contributed by atoms with Crippen molar-refractivity contribution in [2.24, 2.45) is 0 Å². The van der Waals surface area contributed by atoms with E-state index in [1.165, 1.54) is 0 Å². The Hall–Kier alpha value is -0.610. The maximum absolute atomic E-state index is 11.7. The second kappa shape index (κ2) is 4.94. The van der Waals surface area contributed by atoms with Crippen molar-refractivity contribution in [2.45, 2.75) is 64.9 Å². The summed E-state index contributed by atoms with van der Waals surface area (Å²) >= 11 is 0. The Bertz CT molecular complexity index is 231. The number of rotatable bonds is 4. The van der Waals surface area contributed by atoms with Crippen LogP contribution in [0.1, 0.15) is 40.5 Å². The van der Waals surface area contributed by atoms with Crippen molar-refractivity contribution in [1.29, 1.82) is 0 Å².